The second-order valence-electron chi connectivity index (χ2n) is 6.21. The molecule has 104 valence electrons. The quantitative estimate of drug-likeness (QED) is 0.752. The fraction of sp³-hybridized carbons (Fsp3) is 0.933. The number of amides is 1. The number of halogens is 1. The number of hydrogen-bond acceptors (Lipinski definition) is 1. The van der Waals surface area contributed by atoms with Crippen molar-refractivity contribution in [3.63, 3.8) is 0 Å². The Morgan fingerprint density at radius 1 is 1.11 bits per heavy atom. The fourth-order valence-electron chi connectivity index (χ4n) is 3.51. The molecule has 3 heteroatoms. The van der Waals surface area contributed by atoms with Crippen molar-refractivity contribution in [2.45, 2.75) is 76.2 Å². The molecular formula is C15H26ClNO. The van der Waals surface area contributed by atoms with Gasteiger partial charge < -0.3 is 5.32 Å². The van der Waals surface area contributed by atoms with Crippen LogP contribution in [0.4, 0.5) is 0 Å². The molecule has 0 aromatic heterocycles. The van der Waals surface area contributed by atoms with E-state index in [9.17, 15) is 4.79 Å². The third-order valence-corrected chi connectivity index (χ3v) is 5.24. The highest BCUT2D eigenvalue weighted by molar-refractivity contribution is 6.18. The third kappa shape index (κ3) is 3.88. The Morgan fingerprint density at radius 3 is 2.39 bits per heavy atom. The Hall–Kier alpha value is -0.240. The van der Waals surface area contributed by atoms with Crippen molar-refractivity contribution in [1.82, 2.24) is 5.32 Å². The van der Waals surface area contributed by atoms with Gasteiger partial charge in [0.1, 0.15) is 0 Å². The van der Waals surface area contributed by atoms with E-state index in [-0.39, 0.29) is 11.4 Å². The summed E-state index contributed by atoms with van der Waals surface area (Å²) in [6, 6.07) is 0. The maximum absolute atomic E-state index is 12.0. The van der Waals surface area contributed by atoms with Crippen LogP contribution in [0.15, 0.2) is 0 Å². The van der Waals surface area contributed by atoms with E-state index in [1.54, 1.807) is 0 Å². The zero-order valence-electron chi connectivity index (χ0n) is 11.3. The molecular weight excluding hydrogens is 246 g/mol. The van der Waals surface area contributed by atoms with Gasteiger partial charge in [0.15, 0.2) is 0 Å². The van der Waals surface area contributed by atoms with Gasteiger partial charge in [-0.25, -0.2) is 0 Å². The minimum atomic E-state index is -0.0782. The molecule has 2 rings (SSSR count). The molecule has 2 nitrogen and oxygen atoms in total. The molecule has 0 heterocycles. The SMILES string of the molecule is O=C(CCC1CCCCC1)NC1(CCl)CCCC1. The van der Waals surface area contributed by atoms with E-state index in [0.29, 0.717) is 12.3 Å². The number of nitrogens with one attached hydrogen (secondary N) is 1. The molecule has 0 atom stereocenters. The summed E-state index contributed by atoms with van der Waals surface area (Å²) in [6.07, 6.45) is 13.1. The first kappa shape index (κ1) is 14.2. The van der Waals surface area contributed by atoms with Crippen LogP contribution in [0.5, 0.6) is 0 Å². The summed E-state index contributed by atoms with van der Waals surface area (Å²) in [5.74, 6) is 1.59. The lowest BCUT2D eigenvalue weighted by atomic mass is 9.86. The minimum Gasteiger partial charge on any atom is -0.349 e. The number of carbonyl (C=O) groups is 1. The summed E-state index contributed by atoms with van der Waals surface area (Å²) in [5.41, 5.74) is -0.0782. The highest BCUT2D eigenvalue weighted by Crippen LogP contribution is 2.31. The molecule has 0 radical (unpaired) electrons. The van der Waals surface area contributed by atoms with Crippen LogP contribution >= 0.6 is 11.6 Å². The molecule has 2 saturated carbocycles. The predicted octanol–water partition coefficient (Wildman–Crippen LogP) is 4.01. The number of alkyl halides is 1. The van der Waals surface area contributed by atoms with Gasteiger partial charge in [0.05, 0.1) is 5.54 Å². The van der Waals surface area contributed by atoms with Gasteiger partial charge in [-0.3, -0.25) is 4.79 Å². The van der Waals surface area contributed by atoms with Crippen LogP contribution in [0, 0.1) is 5.92 Å². The minimum absolute atomic E-state index is 0.0782. The Balaban J connectivity index is 1.70. The molecule has 0 aliphatic heterocycles. The molecule has 0 aromatic carbocycles. The molecule has 18 heavy (non-hydrogen) atoms. The van der Waals surface area contributed by atoms with E-state index >= 15 is 0 Å². The summed E-state index contributed by atoms with van der Waals surface area (Å²) in [7, 11) is 0. The fourth-order valence-corrected chi connectivity index (χ4v) is 3.85. The van der Waals surface area contributed by atoms with Gasteiger partial charge in [-0.15, -0.1) is 11.6 Å². The van der Waals surface area contributed by atoms with Crippen molar-refractivity contribution in [2.75, 3.05) is 5.88 Å². The lowest BCUT2D eigenvalue weighted by Crippen LogP contribution is -2.47. The van der Waals surface area contributed by atoms with Crippen molar-refractivity contribution < 1.29 is 4.79 Å². The van der Waals surface area contributed by atoms with E-state index < -0.39 is 0 Å². The first-order valence-electron chi connectivity index (χ1n) is 7.61. The Bertz CT molecular complexity index is 268. The molecule has 0 aromatic rings. The molecule has 0 unspecified atom stereocenters. The number of hydrogen-bond donors (Lipinski definition) is 1. The number of carbonyl (C=O) groups excluding carboxylic acids is 1. The topological polar surface area (TPSA) is 29.1 Å². The van der Waals surface area contributed by atoms with Crippen LogP contribution in [0.3, 0.4) is 0 Å². The molecule has 0 saturated heterocycles. The van der Waals surface area contributed by atoms with Crippen LogP contribution in [0.1, 0.15) is 70.6 Å². The van der Waals surface area contributed by atoms with Crippen LogP contribution in [-0.2, 0) is 4.79 Å². The standard InChI is InChI=1S/C15H26ClNO/c16-12-15(10-4-5-11-15)17-14(18)9-8-13-6-2-1-3-7-13/h13H,1-12H2,(H,17,18). The van der Waals surface area contributed by atoms with Crippen LogP contribution in [-0.4, -0.2) is 17.3 Å². The summed E-state index contributed by atoms with van der Waals surface area (Å²) in [4.78, 5) is 12.0. The summed E-state index contributed by atoms with van der Waals surface area (Å²) < 4.78 is 0. The summed E-state index contributed by atoms with van der Waals surface area (Å²) in [6.45, 7) is 0. The smallest absolute Gasteiger partial charge is 0.220 e. The van der Waals surface area contributed by atoms with Crippen LogP contribution in [0.25, 0.3) is 0 Å². The monoisotopic (exact) mass is 271 g/mol. The van der Waals surface area contributed by atoms with E-state index in [4.69, 9.17) is 11.6 Å². The van der Waals surface area contributed by atoms with E-state index in [0.717, 1.165) is 25.2 Å². The summed E-state index contributed by atoms with van der Waals surface area (Å²) >= 11 is 6.04. The largest absolute Gasteiger partial charge is 0.349 e. The molecule has 1 N–H and O–H groups in total. The van der Waals surface area contributed by atoms with Crippen LogP contribution < -0.4 is 5.32 Å². The maximum Gasteiger partial charge on any atom is 0.220 e. The molecule has 2 fully saturated rings. The zero-order chi connectivity index (χ0) is 12.8. The molecule has 0 bridgehead atoms. The Labute approximate surface area is 116 Å². The average Bonchev–Trinajstić information content (AvgIpc) is 2.87. The molecule has 2 aliphatic rings. The molecule has 1 amide bonds. The Morgan fingerprint density at radius 2 is 1.78 bits per heavy atom. The van der Waals surface area contributed by atoms with Gasteiger partial charge in [0, 0.05) is 12.3 Å². The second-order valence-corrected chi connectivity index (χ2v) is 6.48. The van der Waals surface area contributed by atoms with Gasteiger partial charge in [-0.1, -0.05) is 44.9 Å². The van der Waals surface area contributed by atoms with Gasteiger partial charge in [-0.05, 0) is 25.2 Å². The zero-order valence-corrected chi connectivity index (χ0v) is 12.1. The van der Waals surface area contributed by atoms with Crippen molar-refractivity contribution in [3.8, 4) is 0 Å². The van der Waals surface area contributed by atoms with Gasteiger partial charge in [-0.2, -0.15) is 0 Å². The van der Waals surface area contributed by atoms with Crippen molar-refractivity contribution in [1.29, 1.82) is 0 Å². The van der Waals surface area contributed by atoms with Gasteiger partial charge >= 0.3 is 0 Å². The molecule has 2 aliphatic carbocycles. The first-order chi connectivity index (χ1) is 8.74. The second kappa shape index (κ2) is 6.79. The normalized spacial score (nSPS) is 24.1. The Kier molecular flexibility index (Phi) is 5.35. The average molecular weight is 272 g/mol. The number of rotatable bonds is 5. The summed E-state index contributed by atoms with van der Waals surface area (Å²) in [5, 5.41) is 3.21. The third-order valence-electron chi connectivity index (χ3n) is 4.73. The van der Waals surface area contributed by atoms with E-state index in [1.807, 2.05) is 0 Å². The van der Waals surface area contributed by atoms with Crippen molar-refractivity contribution in [2.24, 2.45) is 5.92 Å². The lowest BCUT2D eigenvalue weighted by Gasteiger charge is -2.28. The lowest BCUT2D eigenvalue weighted by molar-refractivity contribution is -0.123. The van der Waals surface area contributed by atoms with E-state index in [1.165, 1.54) is 44.9 Å². The van der Waals surface area contributed by atoms with Crippen molar-refractivity contribution >= 4 is 17.5 Å². The van der Waals surface area contributed by atoms with Crippen molar-refractivity contribution in [3.05, 3.63) is 0 Å². The maximum atomic E-state index is 12.0. The van der Waals surface area contributed by atoms with Gasteiger partial charge in [0.2, 0.25) is 5.91 Å². The molecule has 0 spiro atoms. The highest BCUT2D eigenvalue weighted by Gasteiger charge is 2.34. The van der Waals surface area contributed by atoms with Crippen LogP contribution in [0.2, 0.25) is 0 Å². The highest BCUT2D eigenvalue weighted by atomic mass is 35.5. The van der Waals surface area contributed by atoms with E-state index in [2.05, 4.69) is 5.32 Å². The van der Waals surface area contributed by atoms with Gasteiger partial charge in [0.25, 0.3) is 0 Å². The predicted molar refractivity (Wildman–Crippen MR) is 75.9 cm³/mol. The first-order valence-corrected chi connectivity index (χ1v) is 8.14.